The summed E-state index contributed by atoms with van der Waals surface area (Å²) in [5, 5.41) is 0. The highest BCUT2D eigenvalue weighted by atomic mass is 31.2. The molecule has 234 valence electrons. The van der Waals surface area contributed by atoms with Crippen molar-refractivity contribution in [1.82, 2.24) is 4.90 Å². The fraction of sp³-hybridized carbons (Fsp3) is 0.968. The van der Waals surface area contributed by atoms with Crippen LogP contribution in [0.25, 0.3) is 0 Å². The predicted molar refractivity (Wildman–Crippen MR) is 163 cm³/mol. The highest BCUT2D eigenvalue weighted by Crippen LogP contribution is 2.41. The maximum Gasteiger partial charge on any atom is 0.329 e. The van der Waals surface area contributed by atoms with Crippen molar-refractivity contribution < 1.29 is 28.3 Å². The van der Waals surface area contributed by atoms with Crippen LogP contribution in [0.1, 0.15) is 131 Å². The van der Waals surface area contributed by atoms with Crippen LogP contribution in [0.5, 0.6) is 0 Å². The minimum atomic E-state index is -3.77. The highest BCUT2D eigenvalue weighted by molar-refractivity contribution is 7.52. The van der Waals surface area contributed by atoms with E-state index in [1.165, 1.54) is 70.6 Å². The molecule has 0 saturated carbocycles. The van der Waals surface area contributed by atoms with Gasteiger partial charge in [-0.25, -0.2) is 0 Å². The summed E-state index contributed by atoms with van der Waals surface area (Å²) in [6, 6.07) is 0. The number of hydrogen-bond acceptors (Lipinski definition) is 6. The quantitative estimate of drug-likeness (QED) is 0.0569. The van der Waals surface area contributed by atoms with Crippen LogP contribution in [0.3, 0.4) is 0 Å². The highest BCUT2D eigenvalue weighted by Gasteiger charge is 2.24. The van der Waals surface area contributed by atoms with Crippen LogP contribution in [0, 0.1) is 11.8 Å². The molecule has 0 amide bonds. The maximum atomic E-state index is 12.5. The molecule has 0 aromatic heterocycles. The summed E-state index contributed by atoms with van der Waals surface area (Å²) in [5.74, 6) is 0.725. The molecule has 0 aromatic carbocycles. The van der Waals surface area contributed by atoms with E-state index in [0.717, 1.165) is 19.5 Å². The van der Waals surface area contributed by atoms with Crippen molar-refractivity contribution in [2.45, 2.75) is 138 Å². The summed E-state index contributed by atoms with van der Waals surface area (Å²) in [6.45, 7) is 15.5. The average Bonchev–Trinajstić information content (AvgIpc) is 2.89. The number of hydrogen-bond donors (Lipinski definition) is 1. The Bertz CT molecular complexity index is 616. The summed E-state index contributed by atoms with van der Waals surface area (Å²) < 4.78 is 29.3. The number of carbonyl (C=O) groups excluding carboxylic acids is 1. The Labute approximate surface area is 241 Å². The third kappa shape index (κ3) is 23.9. The summed E-state index contributed by atoms with van der Waals surface area (Å²) in [4.78, 5) is 24.4. The number of carbonyl (C=O) groups is 1. The van der Waals surface area contributed by atoms with Gasteiger partial charge in [-0.2, -0.15) is 0 Å². The molecule has 0 saturated heterocycles. The summed E-state index contributed by atoms with van der Waals surface area (Å²) in [5.41, 5.74) is 0. The molecule has 1 N–H and O–H groups in total. The molecule has 4 unspecified atom stereocenters. The summed E-state index contributed by atoms with van der Waals surface area (Å²) >= 11 is 0. The van der Waals surface area contributed by atoms with Crippen LogP contribution >= 0.6 is 7.60 Å². The van der Waals surface area contributed by atoms with Gasteiger partial charge in [0.05, 0.1) is 19.4 Å². The van der Waals surface area contributed by atoms with E-state index in [1.54, 1.807) is 0 Å². The molecule has 7 nitrogen and oxygen atoms in total. The van der Waals surface area contributed by atoms with Crippen molar-refractivity contribution in [1.29, 1.82) is 0 Å². The molecule has 0 spiro atoms. The molecule has 0 aromatic rings. The largest absolute Gasteiger partial charge is 0.457 e. The Morgan fingerprint density at radius 3 is 1.95 bits per heavy atom. The van der Waals surface area contributed by atoms with Crippen molar-refractivity contribution in [3.63, 3.8) is 0 Å². The molecule has 0 heterocycles. The van der Waals surface area contributed by atoms with E-state index in [9.17, 15) is 14.3 Å². The van der Waals surface area contributed by atoms with Crippen molar-refractivity contribution >= 4 is 13.6 Å². The van der Waals surface area contributed by atoms with Gasteiger partial charge >= 0.3 is 13.6 Å². The molecular weight excluding hydrogens is 513 g/mol. The minimum absolute atomic E-state index is 0.0547. The fourth-order valence-electron chi connectivity index (χ4n) is 4.89. The maximum absolute atomic E-state index is 12.5. The van der Waals surface area contributed by atoms with E-state index >= 15 is 0 Å². The van der Waals surface area contributed by atoms with Crippen LogP contribution in [-0.2, 0) is 23.4 Å². The second-order valence-electron chi connectivity index (χ2n) is 11.5. The third-order valence-corrected chi connectivity index (χ3v) is 8.69. The minimum Gasteiger partial charge on any atom is -0.457 e. The van der Waals surface area contributed by atoms with Gasteiger partial charge in [-0.05, 0) is 37.8 Å². The van der Waals surface area contributed by atoms with Gasteiger partial charge in [-0.1, -0.05) is 112 Å². The molecular formula is C31H64NO6P. The molecule has 0 fully saturated rings. The van der Waals surface area contributed by atoms with Gasteiger partial charge in [-0.3, -0.25) is 9.36 Å². The van der Waals surface area contributed by atoms with E-state index in [4.69, 9.17) is 14.0 Å². The van der Waals surface area contributed by atoms with Crippen LogP contribution < -0.4 is 0 Å². The van der Waals surface area contributed by atoms with Gasteiger partial charge in [0, 0.05) is 19.6 Å². The van der Waals surface area contributed by atoms with E-state index in [2.05, 4.69) is 25.7 Å². The zero-order chi connectivity index (χ0) is 29.4. The average molecular weight is 578 g/mol. The van der Waals surface area contributed by atoms with E-state index in [1.807, 2.05) is 20.8 Å². The van der Waals surface area contributed by atoms with Gasteiger partial charge in [-0.15, -0.1) is 0 Å². The Hall–Kier alpha value is -0.460. The Balaban J connectivity index is 4.28. The lowest BCUT2D eigenvalue weighted by molar-refractivity contribution is -0.154. The molecule has 0 aliphatic carbocycles. The lowest BCUT2D eigenvalue weighted by Crippen LogP contribution is -2.30. The van der Waals surface area contributed by atoms with Gasteiger partial charge in [0.2, 0.25) is 0 Å². The van der Waals surface area contributed by atoms with Crippen LogP contribution in [-0.4, -0.2) is 67.5 Å². The van der Waals surface area contributed by atoms with Crippen molar-refractivity contribution in [3.8, 4) is 0 Å². The van der Waals surface area contributed by atoms with Gasteiger partial charge < -0.3 is 23.8 Å². The molecule has 4 atom stereocenters. The zero-order valence-electron chi connectivity index (χ0n) is 26.5. The Morgan fingerprint density at radius 2 is 1.38 bits per heavy atom. The normalized spacial score (nSPS) is 15.7. The third-order valence-electron chi connectivity index (χ3n) is 7.37. The summed E-state index contributed by atoms with van der Waals surface area (Å²) in [6.07, 6.45) is 16.4. The topological polar surface area (TPSA) is 85.3 Å². The molecule has 0 bridgehead atoms. The fourth-order valence-corrected chi connectivity index (χ4v) is 5.95. The second-order valence-corrected chi connectivity index (χ2v) is 13.5. The van der Waals surface area contributed by atoms with Gasteiger partial charge in [0.1, 0.15) is 6.10 Å². The number of unbranched alkanes of at least 4 members (excludes halogenated alkanes) is 9. The summed E-state index contributed by atoms with van der Waals surface area (Å²) in [7, 11) is -3.77. The lowest BCUT2D eigenvalue weighted by Gasteiger charge is -2.23. The number of rotatable bonds is 28. The van der Waals surface area contributed by atoms with Crippen LogP contribution in [0.4, 0.5) is 0 Å². The Morgan fingerprint density at radius 1 is 0.795 bits per heavy atom. The molecule has 39 heavy (non-hydrogen) atoms. The SMILES string of the molecule is CCCCCCCCCCCCC(C)CC(C)COCC(COP(=O)(O)CCN(CC)CC)OC(=O)CCC. The van der Waals surface area contributed by atoms with E-state index in [0.29, 0.717) is 37.8 Å². The molecule has 8 heteroatoms. The van der Waals surface area contributed by atoms with Gasteiger partial charge in [0.15, 0.2) is 0 Å². The number of ether oxygens (including phenoxy) is 2. The molecule has 0 aliphatic rings. The number of esters is 1. The van der Waals surface area contributed by atoms with Crippen molar-refractivity contribution in [3.05, 3.63) is 0 Å². The number of nitrogens with zero attached hydrogens (tertiary/aromatic N) is 1. The first kappa shape index (κ1) is 38.5. The predicted octanol–water partition coefficient (Wildman–Crippen LogP) is 8.23. The second kappa shape index (κ2) is 25.3. The van der Waals surface area contributed by atoms with Crippen LogP contribution in [0.15, 0.2) is 0 Å². The first-order chi connectivity index (χ1) is 18.7. The van der Waals surface area contributed by atoms with Crippen molar-refractivity contribution in [2.75, 3.05) is 45.6 Å². The monoisotopic (exact) mass is 577 g/mol. The van der Waals surface area contributed by atoms with Gasteiger partial charge in [0.25, 0.3) is 0 Å². The van der Waals surface area contributed by atoms with E-state index in [-0.39, 0.29) is 25.3 Å². The van der Waals surface area contributed by atoms with Crippen LogP contribution in [0.2, 0.25) is 0 Å². The van der Waals surface area contributed by atoms with E-state index < -0.39 is 13.7 Å². The zero-order valence-corrected chi connectivity index (χ0v) is 27.4. The standard InChI is InChI=1S/C31H64NO6P/c1-7-11-12-13-14-15-16-17-18-19-21-28(5)24-29(6)25-36-26-30(38-31(33)20-8-2)27-37-39(34,35)23-22-32(9-3)10-4/h28-30H,7-27H2,1-6H3,(H,34,35). The Kier molecular flexibility index (Phi) is 25.0. The first-order valence-electron chi connectivity index (χ1n) is 16.1. The van der Waals surface area contributed by atoms with Crippen molar-refractivity contribution in [2.24, 2.45) is 11.8 Å². The molecule has 0 radical (unpaired) electrons. The lowest BCUT2D eigenvalue weighted by atomic mass is 9.93. The first-order valence-corrected chi connectivity index (χ1v) is 17.9. The smallest absolute Gasteiger partial charge is 0.329 e. The molecule has 0 aliphatic heterocycles. The molecule has 0 rings (SSSR count).